The Hall–Kier alpha value is -3.20. The number of oxime groups is 1. The molecule has 17 heteroatoms. The summed E-state index contributed by atoms with van der Waals surface area (Å²) in [6.45, 7) is -0.393. The smallest absolute Gasteiger partial charge is 0.352 e. The molecule has 1 fully saturated rings. The topological polar surface area (TPSA) is 197 Å². The highest BCUT2D eigenvalue weighted by atomic mass is 32.2. The zero-order chi connectivity index (χ0) is 24.2. The van der Waals surface area contributed by atoms with E-state index in [1.54, 1.807) is 11.6 Å². The van der Waals surface area contributed by atoms with Crippen LogP contribution in [0.3, 0.4) is 0 Å². The van der Waals surface area contributed by atoms with E-state index in [0.29, 0.717) is 21.4 Å². The van der Waals surface area contributed by atoms with Gasteiger partial charge in [-0.15, -0.1) is 33.3 Å². The number of nitrogen functional groups attached to an aromatic ring is 1. The molecule has 0 aromatic carbocycles. The van der Waals surface area contributed by atoms with E-state index in [-0.39, 0.29) is 22.2 Å². The highest BCUT2D eigenvalue weighted by molar-refractivity contribution is 8.01. The summed E-state index contributed by atoms with van der Waals surface area (Å²) >= 11 is 5.10. The van der Waals surface area contributed by atoms with E-state index in [9.17, 15) is 19.5 Å². The lowest BCUT2D eigenvalue weighted by Gasteiger charge is -2.49. The van der Waals surface area contributed by atoms with Crippen LogP contribution < -0.4 is 11.1 Å². The van der Waals surface area contributed by atoms with Gasteiger partial charge < -0.3 is 21.0 Å². The standard InChI is InChI=1S/C17H14N8O5S4/c18-1-2-30-24-9(8-5-32-16(19)21-8)12(26)22-10-13(27)25-11(15(28)29)7(3-31-14(10)25)4-33-17-23-20-6-34-17/h5-6,10,14H,2-4H2,(H2,19,21)(H,22,26)(H,28,29)/b24-9+. The molecule has 2 unspecified atom stereocenters. The van der Waals surface area contributed by atoms with Crippen molar-refractivity contribution in [3.05, 3.63) is 27.9 Å². The van der Waals surface area contributed by atoms with Gasteiger partial charge in [-0.25, -0.2) is 9.78 Å². The Kier molecular flexibility index (Phi) is 7.31. The first kappa shape index (κ1) is 23.9. The molecule has 1 saturated heterocycles. The molecule has 2 amide bonds. The van der Waals surface area contributed by atoms with Crippen LogP contribution in [-0.2, 0) is 19.2 Å². The first-order valence-corrected chi connectivity index (χ1v) is 13.1. The Morgan fingerprint density at radius 2 is 2.29 bits per heavy atom. The number of nitrogens with two attached hydrogens (primary N) is 1. The number of carboxylic acids is 1. The van der Waals surface area contributed by atoms with Crippen molar-refractivity contribution >= 4 is 74.8 Å². The quantitative estimate of drug-likeness (QED) is 0.130. The molecule has 4 rings (SSSR count). The minimum absolute atomic E-state index is 0.0882. The van der Waals surface area contributed by atoms with Crippen LogP contribution in [-0.4, -0.2) is 78.2 Å². The molecule has 2 aromatic heterocycles. The van der Waals surface area contributed by atoms with E-state index in [1.165, 1.54) is 45.1 Å². The summed E-state index contributed by atoms with van der Waals surface area (Å²) in [4.78, 5) is 47.7. The predicted octanol–water partition coefficient (Wildman–Crippen LogP) is 0.352. The number of carbonyl (C=O) groups is 3. The molecule has 4 N–H and O–H groups in total. The van der Waals surface area contributed by atoms with Crippen molar-refractivity contribution in [3.8, 4) is 6.07 Å². The predicted molar refractivity (Wildman–Crippen MR) is 125 cm³/mol. The van der Waals surface area contributed by atoms with Gasteiger partial charge in [-0.2, -0.15) is 5.26 Å². The zero-order valence-corrected chi connectivity index (χ0v) is 20.2. The average Bonchev–Trinajstić information content (AvgIpc) is 3.49. The number of anilines is 1. The van der Waals surface area contributed by atoms with E-state index in [2.05, 4.69) is 25.7 Å². The van der Waals surface area contributed by atoms with Gasteiger partial charge in [0.1, 0.15) is 34.4 Å². The summed E-state index contributed by atoms with van der Waals surface area (Å²) in [6, 6.07) is 0.757. The van der Waals surface area contributed by atoms with Crippen LogP contribution in [0.25, 0.3) is 0 Å². The highest BCUT2D eigenvalue weighted by Gasteiger charge is 2.54. The number of carbonyl (C=O) groups excluding carboxylic acids is 2. The van der Waals surface area contributed by atoms with Gasteiger partial charge >= 0.3 is 5.97 Å². The molecule has 0 radical (unpaired) electrons. The van der Waals surface area contributed by atoms with Crippen LogP contribution in [0.15, 0.2) is 31.7 Å². The van der Waals surface area contributed by atoms with Gasteiger partial charge in [0, 0.05) is 16.9 Å². The van der Waals surface area contributed by atoms with Gasteiger partial charge in [0.05, 0.1) is 0 Å². The van der Waals surface area contributed by atoms with E-state index in [4.69, 9.17) is 15.8 Å². The van der Waals surface area contributed by atoms with Gasteiger partial charge in [0.15, 0.2) is 15.2 Å². The number of carboxylic acid groups (broad SMARTS) is 1. The highest BCUT2D eigenvalue weighted by Crippen LogP contribution is 2.41. The number of hydrogen-bond donors (Lipinski definition) is 3. The lowest BCUT2D eigenvalue weighted by atomic mass is 10.0. The van der Waals surface area contributed by atoms with Crippen molar-refractivity contribution in [2.75, 3.05) is 23.8 Å². The Labute approximate surface area is 208 Å². The van der Waals surface area contributed by atoms with E-state index in [1.807, 2.05) is 0 Å². The number of thiazole rings is 1. The number of amides is 2. The molecule has 0 spiro atoms. The molecular formula is C17H14N8O5S4. The fraction of sp³-hybridized carbons (Fsp3) is 0.294. The number of nitrogens with zero attached hydrogens (tertiary/aromatic N) is 6. The third kappa shape index (κ3) is 4.84. The number of thioether (sulfide) groups is 2. The minimum atomic E-state index is -1.22. The maximum Gasteiger partial charge on any atom is 0.352 e. The second-order valence-corrected chi connectivity index (χ2v) is 10.6. The normalized spacial score (nSPS) is 19.8. The monoisotopic (exact) mass is 538 g/mol. The van der Waals surface area contributed by atoms with E-state index < -0.39 is 35.8 Å². The largest absolute Gasteiger partial charge is 0.477 e. The number of nitrogens with one attached hydrogen (secondary N) is 1. The molecule has 13 nitrogen and oxygen atoms in total. The second kappa shape index (κ2) is 10.4. The average molecular weight is 539 g/mol. The first-order valence-electron chi connectivity index (χ1n) is 9.28. The molecule has 34 heavy (non-hydrogen) atoms. The molecule has 0 aliphatic carbocycles. The molecule has 0 bridgehead atoms. The fourth-order valence-electron chi connectivity index (χ4n) is 3.11. The summed E-state index contributed by atoms with van der Waals surface area (Å²) in [5, 5.41) is 33.4. The number of nitriles is 1. The lowest BCUT2D eigenvalue weighted by molar-refractivity contribution is -0.150. The molecule has 2 atom stereocenters. The van der Waals surface area contributed by atoms with Crippen molar-refractivity contribution in [2.45, 2.75) is 15.8 Å². The maximum absolute atomic E-state index is 12.9. The van der Waals surface area contributed by atoms with Gasteiger partial charge in [0.25, 0.3) is 11.8 Å². The van der Waals surface area contributed by atoms with Crippen LogP contribution in [0.1, 0.15) is 5.69 Å². The Morgan fingerprint density at radius 1 is 1.47 bits per heavy atom. The van der Waals surface area contributed by atoms with E-state index in [0.717, 1.165) is 11.3 Å². The van der Waals surface area contributed by atoms with Crippen LogP contribution in [0.2, 0.25) is 0 Å². The molecule has 176 valence electrons. The van der Waals surface area contributed by atoms with Crippen LogP contribution in [0.5, 0.6) is 0 Å². The van der Waals surface area contributed by atoms with Crippen LogP contribution >= 0.6 is 46.2 Å². The summed E-state index contributed by atoms with van der Waals surface area (Å²) in [5.74, 6) is -1.84. The van der Waals surface area contributed by atoms with Crippen LogP contribution in [0, 0.1) is 11.3 Å². The van der Waals surface area contributed by atoms with Gasteiger partial charge in [0.2, 0.25) is 6.61 Å². The number of fused-ring (bicyclic) bond motifs is 1. The van der Waals surface area contributed by atoms with Gasteiger partial charge in [-0.1, -0.05) is 28.3 Å². The minimum Gasteiger partial charge on any atom is -0.477 e. The van der Waals surface area contributed by atoms with Crippen molar-refractivity contribution in [3.63, 3.8) is 0 Å². The van der Waals surface area contributed by atoms with Gasteiger partial charge in [-0.05, 0) is 5.57 Å². The Bertz CT molecular complexity index is 1220. The molecule has 2 aromatic rings. The SMILES string of the molecule is N#CCO/N=C(/C(=O)NC1C(=O)N2C(C(=O)O)=C(CSc3nncs3)CSC12)c1csc(N)n1. The molecule has 4 heterocycles. The van der Waals surface area contributed by atoms with E-state index >= 15 is 0 Å². The summed E-state index contributed by atoms with van der Waals surface area (Å²) in [7, 11) is 0. The molecule has 2 aliphatic heterocycles. The van der Waals surface area contributed by atoms with Crippen molar-refractivity contribution in [2.24, 2.45) is 5.16 Å². The lowest BCUT2D eigenvalue weighted by Crippen LogP contribution is -2.71. The van der Waals surface area contributed by atoms with Gasteiger partial charge in [-0.3, -0.25) is 14.5 Å². The zero-order valence-electron chi connectivity index (χ0n) is 16.9. The first-order chi connectivity index (χ1) is 16.4. The third-order valence-electron chi connectivity index (χ3n) is 4.51. The number of aromatic nitrogens is 3. The van der Waals surface area contributed by atoms with Crippen molar-refractivity contribution in [1.29, 1.82) is 5.26 Å². The van der Waals surface area contributed by atoms with Crippen molar-refractivity contribution in [1.82, 2.24) is 25.4 Å². The van der Waals surface area contributed by atoms with Crippen molar-refractivity contribution < 1.29 is 24.3 Å². The fourth-order valence-corrected chi connectivity index (χ4v) is 6.63. The number of hydrogen-bond acceptors (Lipinski definition) is 14. The number of aliphatic carboxylic acids is 1. The molecule has 0 saturated carbocycles. The Morgan fingerprint density at radius 3 is 2.94 bits per heavy atom. The maximum atomic E-state index is 12.9. The summed E-state index contributed by atoms with van der Waals surface area (Å²) in [6.07, 6.45) is 0. The second-order valence-electron chi connectivity index (χ2n) is 6.55. The number of rotatable bonds is 9. The van der Waals surface area contributed by atoms with Crippen LogP contribution in [0.4, 0.5) is 5.13 Å². The number of β-lactam (4-membered cyclic amide) rings is 1. The molecular weight excluding hydrogens is 525 g/mol. The summed E-state index contributed by atoms with van der Waals surface area (Å²) in [5.41, 5.74) is 7.57. The Balaban J connectivity index is 1.49. The molecule has 2 aliphatic rings. The summed E-state index contributed by atoms with van der Waals surface area (Å²) < 4.78 is 0.692. The third-order valence-corrected chi connectivity index (χ3v) is 8.47.